The molecule has 2 aromatic rings. The Morgan fingerprint density at radius 2 is 2.10 bits per heavy atom. The number of thiophene rings is 1. The standard InChI is InChI=1S/C14H15NO3S2/c16-9-12-8-13(10-19-12)20(17,18)15-7-3-5-11-4-1-2-6-14(11)15/h1-2,4,6,8,10,16H,3,5,7,9H2. The number of nitrogens with zero attached hydrogens (tertiary/aromatic N) is 1. The first-order valence-corrected chi connectivity index (χ1v) is 8.74. The second-order valence-electron chi connectivity index (χ2n) is 4.72. The molecule has 0 amide bonds. The van der Waals surface area contributed by atoms with E-state index in [0.717, 1.165) is 24.1 Å². The molecule has 1 aliphatic heterocycles. The summed E-state index contributed by atoms with van der Waals surface area (Å²) in [5.74, 6) is 0. The predicted octanol–water partition coefficient (Wildman–Crippen LogP) is 2.38. The van der Waals surface area contributed by atoms with Crippen molar-refractivity contribution in [2.45, 2.75) is 24.3 Å². The Morgan fingerprint density at radius 3 is 2.85 bits per heavy atom. The van der Waals surface area contributed by atoms with E-state index in [0.29, 0.717) is 11.4 Å². The van der Waals surface area contributed by atoms with E-state index in [9.17, 15) is 8.42 Å². The lowest BCUT2D eigenvalue weighted by Crippen LogP contribution is -2.35. The molecule has 0 aliphatic carbocycles. The van der Waals surface area contributed by atoms with E-state index >= 15 is 0 Å². The first-order chi connectivity index (χ1) is 9.63. The molecule has 0 saturated carbocycles. The number of anilines is 1. The van der Waals surface area contributed by atoms with E-state index in [1.165, 1.54) is 15.6 Å². The zero-order valence-corrected chi connectivity index (χ0v) is 12.5. The highest BCUT2D eigenvalue weighted by Gasteiger charge is 2.29. The van der Waals surface area contributed by atoms with Crippen LogP contribution in [0.15, 0.2) is 40.6 Å². The first-order valence-electron chi connectivity index (χ1n) is 6.42. The van der Waals surface area contributed by atoms with E-state index < -0.39 is 10.0 Å². The second-order valence-corrected chi connectivity index (χ2v) is 7.57. The van der Waals surface area contributed by atoms with Crippen LogP contribution >= 0.6 is 11.3 Å². The summed E-state index contributed by atoms with van der Waals surface area (Å²) in [5, 5.41) is 10.7. The maximum absolute atomic E-state index is 12.7. The lowest BCUT2D eigenvalue weighted by molar-refractivity contribution is 0.285. The minimum absolute atomic E-state index is 0.128. The molecule has 0 fully saturated rings. The molecule has 6 heteroatoms. The molecule has 0 unspecified atom stereocenters. The summed E-state index contributed by atoms with van der Waals surface area (Å²) in [7, 11) is -3.53. The van der Waals surface area contributed by atoms with Gasteiger partial charge < -0.3 is 5.11 Å². The van der Waals surface area contributed by atoms with E-state index in [1.807, 2.05) is 24.3 Å². The molecule has 1 aliphatic rings. The highest BCUT2D eigenvalue weighted by atomic mass is 32.2. The lowest BCUT2D eigenvalue weighted by atomic mass is 10.0. The van der Waals surface area contributed by atoms with Crippen molar-refractivity contribution in [3.05, 3.63) is 46.2 Å². The number of aliphatic hydroxyl groups is 1. The zero-order chi connectivity index (χ0) is 14.2. The van der Waals surface area contributed by atoms with Crippen molar-refractivity contribution in [3.63, 3.8) is 0 Å². The van der Waals surface area contributed by atoms with Crippen molar-refractivity contribution < 1.29 is 13.5 Å². The van der Waals surface area contributed by atoms with Crippen molar-refractivity contribution in [2.75, 3.05) is 10.8 Å². The molecule has 4 nitrogen and oxygen atoms in total. The van der Waals surface area contributed by atoms with Crippen LogP contribution in [0.2, 0.25) is 0 Å². The number of rotatable bonds is 3. The van der Waals surface area contributed by atoms with Crippen LogP contribution in [0.5, 0.6) is 0 Å². The fourth-order valence-electron chi connectivity index (χ4n) is 2.45. The Bertz CT molecular complexity index is 722. The van der Waals surface area contributed by atoms with Gasteiger partial charge in [0.2, 0.25) is 0 Å². The van der Waals surface area contributed by atoms with Crippen LogP contribution in [0.4, 0.5) is 5.69 Å². The first kappa shape index (κ1) is 13.6. The van der Waals surface area contributed by atoms with E-state index in [-0.39, 0.29) is 11.5 Å². The smallest absolute Gasteiger partial charge is 0.265 e. The molecule has 0 spiro atoms. The molecule has 0 atom stereocenters. The maximum Gasteiger partial charge on any atom is 0.265 e. The van der Waals surface area contributed by atoms with Crippen molar-refractivity contribution in [1.82, 2.24) is 0 Å². The summed E-state index contributed by atoms with van der Waals surface area (Å²) < 4.78 is 26.9. The van der Waals surface area contributed by atoms with Crippen molar-refractivity contribution in [3.8, 4) is 0 Å². The SMILES string of the molecule is O=S(=O)(c1csc(CO)c1)N1CCCc2ccccc21. The lowest BCUT2D eigenvalue weighted by Gasteiger charge is -2.30. The molecule has 1 aromatic carbocycles. The van der Waals surface area contributed by atoms with Gasteiger partial charge in [0, 0.05) is 16.8 Å². The number of hydrogen-bond acceptors (Lipinski definition) is 4. The Kier molecular flexibility index (Phi) is 3.54. The van der Waals surface area contributed by atoms with Crippen molar-refractivity contribution in [2.24, 2.45) is 0 Å². The Morgan fingerprint density at radius 1 is 1.30 bits per heavy atom. The molecule has 1 N–H and O–H groups in total. The van der Waals surface area contributed by atoms with Crippen molar-refractivity contribution in [1.29, 1.82) is 0 Å². The van der Waals surface area contributed by atoms with Gasteiger partial charge in [-0.25, -0.2) is 8.42 Å². The molecule has 0 radical (unpaired) electrons. The number of benzene rings is 1. The molecule has 106 valence electrons. The van der Waals surface area contributed by atoms with Crippen LogP contribution in [-0.2, 0) is 23.1 Å². The maximum atomic E-state index is 12.7. The van der Waals surface area contributed by atoms with Gasteiger partial charge >= 0.3 is 0 Å². The molecule has 3 rings (SSSR count). The fraction of sp³-hybridized carbons (Fsp3) is 0.286. The third-order valence-corrected chi connectivity index (χ3v) is 6.30. The normalized spacial score (nSPS) is 15.2. The minimum atomic E-state index is -3.53. The van der Waals surface area contributed by atoms with Crippen LogP contribution in [0.3, 0.4) is 0 Å². The Hall–Kier alpha value is -1.37. The summed E-state index contributed by atoms with van der Waals surface area (Å²) >= 11 is 1.27. The van der Waals surface area contributed by atoms with Gasteiger partial charge in [-0.1, -0.05) is 18.2 Å². The highest BCUT2D eigenvalue weighted by molar-refractivity contribution is 7.93. The molecule has 20 heavy (non-hydrogen) atoms. The number of para-hydroxylation sites is 1. The predicted molar refractivity (Wildman–Crippen MR) is 79.5 cm³/mol. The molecule has 2 heterocycles. The van der Waals surface area contributed by atoms with Crippen molar-refractivity contribution >= 4 is 27.0 Å². The van der Waals surface area contributed by atoms with Gasteiger partial charge in [0.1, 0.15) is 0 Å². The number of hydrogen-bond donors (Lipinski definition) is 1. The second kappa shape index (κ2) is 5.20. The number of fused-ring (bicyclic) bond motifs is 1. The highest BCUT2D eigenvalue weighted by Crippen LogP contribution is 2.33. The third-order valence-electron chi connectivity index (χ3n) is 3.44. The van der Waals surface area contributed by atoms with Gasteiger partial charge in [-0.05, 0) is 30.5 Å². The molecular formula is C14H15NO3S2. The molecular weight excluding hydrogens is 294 g/mol. The molecule has 1 aromatic heterocycles. The van der Waals surface area contributed by atoms with E-state index in [1.54, 1.807) is 11.4 Å². The number of sulfonamides is 1. The summed E-state index contributed by atoms with van der Waals surface area (Å²) in [6.07, 6.45) is 1.74. The number of aliphatic hydroxyl groups excluding tert-OH is 1. The zero-order valence-electron chi connectivity index (χ0n) is 10.8. The average Bonchev–Trinajstić information content (AvgIpc) is 2.96. The Labute approximate surface area is 122 Å². The van der Waals surface area contributed by atoms with Gasteiger partial charge in [0.25, 0.3) is 10.0 Å². The van der Waals surface area contributed by atoms with Gasteiger partial charge in [-0.2, -0.15) is 0 Å². The van der Waals surface area contributed by atoms with Gasteiger partial charge in [0.05, 0.1) is 17.2 Å². The van der Waals surface area contributed by atoms with Crippen LogP contribution in [0.1, 0.15) is 16.9 Å². The monoisotopic (exact) mass is 309 g/mol. The van der Waals surface area contributed by atoms with Crippen LogP contribution in [0, 0.1) is 0 Å². The fourth-order valence-corrected chi connectivity index (χ4v) is 5.12. The van der Waals surface area contributed by atoms with E-state index in [4.69, 9.17) is 5.11 Å². The van der Waals surface area contributed by atoms with Gasteiger partial charge in [-0.15, -0.1) is 11.3 Å². The number of aryl methyl sites for hydroxylation is 1. The van der Waals surface area contributed by atoms with Gasteiger partial charge in [0.15, 0.2) is 0 Å². The largest absolute Gasteiger partial charge is 0.391 e. The van der Waals surface area contributed by atoms with Crippen LogP contribution < -0.4 is 4.31 Å². The Balaban J connectivity index is 2.04. The third kappa shape index (κ3) is 2.24. The summed E-state index contributed by atoms with van der Waals surface area (Å²) in [6, 6.07) is 9.18. The topological polar surface area (TPSA) is 57.6 Å². The quantitative estimate of drug-likeness (QED) is 0.947. The summed E-state index contributed by atoms with van der Waals surface area (Å²) in [6.45, 7) is 0.375. The molecule has 0 bridgehead atoms. The molecule has 0 saturated heterocycles. The van der Waals surface area contributed by atoms with Crippen LogP contribution in [0.25, 0.3) is 0 Å². The summed E-state index contributed by atoms with van der Waals surface area (Å²) in [4.78, 5) is 0.928. The summed E-state index contributed by atoms with van der Waals surface area (Å²) in [5.41, 5.74) is 1.84. The van der Waals surface area contributed by atoms with E-state index in [2.05, 4.69) is 0 Å². The minimum Gasteiger partial charge on any atom is -0.391 e. The van der Waals surface area contributed by atoms with Crippen LogP contribution in [-0.4, -0.2) is 20.1 Å². The van der Waals surface area contributed by atoms with Gasteiger partial charge in [-0.3, -0.25) is 4.31 Å². The average molecular weight is 309 g/mol.